The van der Waals surface area contributed by atoms with Gasteiger partial charge >= 0.3 is 5.97 Å². The number of phenolic OH excluding ortho intramolecular Hbond substituents is 1. The summed E-state index contributed by atoms with van der Waals surface area (Å²) in [5.74, 6) is -6.14. The standard InChI is InChI=1S/C10H10F2O4/c1-16-7-4-2-3-6(9(7)15)10(11,12)5-8(13)14/h2-4,15H,5H2,1H3,(H,13,14). The van der Waals surface area contributed by atoms with Gasteiger partial charge in [0.05, 0.1) is 12.7 Å². The predicted octanol–water partition coefficient (Wildman–Crippen LogP) is 1.97. The van der Waals surface area contributed by atoms with E-state index in [0.29, 0.717) is 0 Å². The molecule has 0 aliphatic carbocycles. The average Bonchev–Trinajstić information content (AvgIpc) is 2.15. The second kappa shape index (κ2) is 4.34. The molecular formula is C10H10F2O4. The maximum atomic E-state index is 13.4. The van der Waals surface area contributed by atoms with Crippen molar-refractivity contribution in [2.75, 3.05) is 7.11 Å². The summed E-state index contributed by atoms with van der Waals surface area (Å²) in [7, 11) is 1.22. The SMILES string of the molecule is COc1cccc(C(F)(F)CC(=O)O)c1O. The molecule has 0 radical (unpaired) electrons. The summed E-state index contributed by atoms with van der Waals surface area (Å²) in [6.07, 6.45) is -1.38. The van der Waals surface area contributed by atoms with E-state index in [1.54, 1.807) is 0 Å². The van der Waals surface area contributed by atoms with Gasteiger partial charge in [-0.15, -0.1) is 0 Å². The molecule has 16 heavy (non-hydrogen) atoms. The number of carboxylic acid groups (broad SMARTS) is 1. The van der Waals surface area contributed by atoms with Gasteiger partial charge in [0.15, 0.2) is 11.5 Å². The zero-order valence-corrected chi connectivity index (χ0v) is 8.41. The molecule has 0 aromatic heterocycles. The normalized spacial score (nSPS) is 11.2. The Morgan fingerprint density at radius 1 is 1.50 bits per heavy atom. The van der Waals surface area contributed by atoms with Crippen molar-refractivity contribution in [1.29, 1.82) is 0 Å². The predicted molar refractivity (Wildman–Crippen MR) is 50.8 cm³/mol. The lowest BCUT2D eigenvalue weighted by molar-refractivity contribution is -0.145. The van der Waals surface area contributed by atoms with E-state index < -0.39 is 29.6 Å². The van der Waals surface area contributed by atoms with Gasteiger partial charge in [0.25, 0.3) is 5.92 Å². The lowest BCUT2D eigenvalue weighted by Gasteiger charge is -2.17. The van der Waals surface area contributed by atoms with Gasteiger partial charge in [-0.2, -0.15) is 0 Å². The van der Waals surface area contributed by atoms with Gasteiger partial charge in [-0.05, 0) is 12.1 Å². The highest BCUT2D eigenvalue weighted by atomic mass is 19.3. The molecule has 0 saturated heterocycles. The minimum absolute atomic E-state index is 0.123. The van der Waals surface area contributed by atoms with Crippen molar-refractivity contribution in [3.8, 4) is 11.5 Å². The molecule has 0 atom stereocenters. The van der Waals surface area contributed by atoms with Crippen LogP contribution in [-0.2, 0) is 10.7 Å². The maximum absolute atomic E-state index is 13.4. The van der Waals surface area contributed by atoms with Gasteiger partial charge in [0, 0.05) is 0 Å². The zero-order valence-electron chi connectivity index (χ0n) is 8.41. The first-order valence-electron chi connectivity index (χ1n) is 4.34. The van der Waals surface area contributed by atoms with E-state index in [1.807, 2.05) is 0 Å². The molecule has 0 aliphatic rings. The Kier molecular flexibility index (Phi) is 3.31. The van der Waals surface area contributed by atoms with Crippen molar-refractivity contribution in [3.05, 3.63) is 23.8 Å². The number of aliphatic carboxylic acids is 1. The summed E-state index contributed by atoms with van der Waals surface area (Å²) >= 11 is 0. The third kappa shape index (κ3) is 2.39. The van der Waals surface area contributed by atoms with Crippen LogP contribution >= 0.6 is 0 Å². The van der Waals surface area contributed by atoms with E-state index in [0.717, 1.165) is 6.07 Å². The molecule has 0 fully saturated rings. The van der Waals surface area contributed by atoms with E-state index in [9.17, 15) is 18.7 Å². The Balaban J connectivity index is 3.17. The van der Waals surface area contributed by atoms with E-state index >= 15 is 0 Å². The number of benzene rings is 1. The molecule has 0 saturated carbocycles. The molecule has 1 rings (SSSR count). The van der Waals surface area contributed by atoms with Crippen LogP contribution in [0.15, 0.2) is 18.2 Å². The van der Waals surface area contributed by atoms with Crippen molar-refractivity contribution in [3.63, 3.8) is 0 Å². The van der Waals surface area contributed by atoms with Crippen LogP contribution < -0.4 is 4.74 Å². The van der Waals surface area contributed by atoms with Crippen LogP contribution in [0.25, 0.3) is 0 Å². The molecule has 0 heterocycles. The molecule has 1 aromatic rings. The minimum atomic E-state index is -3.63. The van der Waals surface area contributed by atoms with Gasteiger partial charge in [-0.25, -0.2) is 8.78 Å². The molecule has 4 nitrogen and oxygen atoms in total. The van der Waals surface area contributed by atoms with Crippen LogP contribution in [0, 0.1) is 0 Å². The van der Waals surface area contributed by atoms with Crippen LogP contribution in [-0.4, -0.2) is 23.3 Å². The Bertz CT molecular complexity index is 404. The fourth-order valence-corrected chi connectivity index (χ4v) is 1.27. The number of para-hydroxylation sites is 1. The van der Waals surface area contributed by atoms with Crippen LogP contribution in [0.1, 0.15) is 12.0 Å². The number of carboxylic acids is 1. The summed E-state index contributed by atoms with van der Waals surface area (Å²) in [5.41, 5.74) is -0.755. The van der Waals surface area contributed by atoms with Crippen molar-refractivity contribution in [1.82, 2.24) is 0 Å². The highest BCUT2D eigenvalue weighted by Gasteiger charge is 2.37. The number of hydrogen-bond acceptors (Lipinski definition) is 3. The van der Waals surface area contributed by atoms with Gasteiger partial charge in [0.1, 0.15) is 6.42 Å². The molecule has 0 unspecified atom stereocenters. The van der Waals surface area contributed by atoms with Gasteiger partial charge in [-0.3, -0.25) is 4.79 Å². The van der Waals surface area contributed by atoms with Crippen LogP contribution in [0.5, 0.6) is 11.5 Å². The third-order valence-corrected chi connectivity index (χ3v) is 1.99. The molecule has 0 bridgehead atoms. The lowest BCUT2D eigenvalue weighted by atomic mass is 10.0. The van der Waals surface area contributed by atoms with Crippen molar-refractivity contribution >= 4 is 5.97 Å². The molecular weight excluding hydrogens is 222 g/mol. The number of hydrogen-bond donors (Lipinski definition) is 2. The number of rotatable bonds is 4. The highest BCUT2D eigenvalue weighted by Crippen LogP contribution is 2.41. The van der Waals surface area contributed by atoms with Crippen molar-refractivity contribution in [2.24, 2.45) is 0 Å². The van der Waals surface area contributed by atoms with Crippen LogP contribution in [0.4, 0.5) is 8.78 Å². The summed E-state index contributed by atoms with van der Waals surface area (Å²) in [6, 6.07) is 3.51. The number of methoxy groups -OCH3 is 1. The molecule has 0 amide bonds. The highest BCUT2D eigenvalue weighted by molar-refractivity contribution is 5.68. The average molecular weight is 232 g/mol. The van der Waals surface area contributed by atoms with Gasteiger partial charge < -0.3 is 14.9 Å². The molecule has 0 spiro atoms. The summed E-state index contributed by atoms with van der Waals surface area (Å²) in [4.78, 5) is 10.3. The zero-order chi connectivity index (χ0) is 12.3. The fourth-order valence-electron chi connectivity index (χ4n) is 1.27. The first-order valence-corrected chi connectivity index (χ1v) is 4.34. The molecule has 88 valence electrons. The third-order valence-electron chi connectivity index (χ3n) is 1.99. The Morgan fingerprint density at radius 2 is 2.12 bits per heavy atom. The van der Waals surface area contributed by atoms with Gasteiger partial charge in [-0.1, -0.05) is 6.07 Å². The number of halogens is 2. The molecule has 1 aromatic carbocycles. The summed E-state index contributed by atoms with van der Waals surface area (Å²) in [6.45, 7) is 0. The summed E-state index contributed by atoms with van der Waals surface area (Å²) < 4.78 is 31.4. The second-order valence-electron chi connectivity index (χ2n) is 3.13. The van der Waals surface area contributed by atoms with E-state index in [-0.39, 0.29) is 5.75 Å². The van der Waals surface area contributed by atoms with E-state index in [1.165, 1.54) is 19.2 Å². The van der Waals surface area contributed by atoms with Crippen LogP contribution in [0.2, 0.25) is 0 Å². The Morgan fingerprint density at radius 3 is 2.62 bits per heavy atom. The van der Waals surface area contributed by atoms with Gasteiger partial charge in [0.2, 0.25) is 0 Å². The molecule has 0 aliphatic heterocycles. The quantitative estimate of drug-likeness (QED) is 0.832. The number of aromatic hydroxyl groups is 1. The van der Waals surface area contributed by atoms with Crippen LogP contribution in [0.3, 0.4) is 0 Å². The Labute approximate surface area is 90.1 Å². The van der Waals surface area contributed by atoms with E-state index in [4.69, 9.17) is 5.11 Å². The number of ether oxygens (including phenoxy) is 1. The first kappa shape index (κ1) is 12.2. The Hall–Kier alpha value is -1.85. The summed E-state index contributed by atoms with van der Waals surface area (Å²) in [5, 5.41) is 17.8. The van der Waals surface area contributed by atoms with Crippen molar-refractivity contribution in [2.45, 2.75) is 12.3 Å². The number of alkyl halides is 2. The second-order valence-corrected chi connectivity index (χ2v) is 3.13. The first-order chi connectivity index (χ1) is 7.38. The number of carbonyl (C=O) groups is 1. The molecule has 6 heteroatoms. The minimum Gasteiger partial charge on any atom is -0.504 e. The fraction of sp³-hybridized carbons (Fsp3) is 0.300. The van der Waals surface area contributed by atoms with E-state index in [2.05, 4.69) is 4.74 Å². The smallest absolute Gasteiger partial charge is 0.309 e. The topological polar surface area (TPSA) is 66.8 Å². The largest absolute Gasteiger partial charge is 0.504 e. The van der Waals surface area contributed by atoms with Crippen molar-refractivity contribution < 1.29 is 28.5 Å². The lowest BCUT2D eigenvalue weighted by Crippen LogP contribution is -2.18. The monoisotopic (exact) mass is 232 g/mol. The molecule has 2 N–H and O–H groups in total. The maximum Gasteiger partial charge on any atom is 0.309 e. The number of phenols is 1.